The van der Waals surface area contributed by atoms with E-state index in [1.54, 1.807) is 6.07 Å². The van der Waals surface area contributed by atoms with Crippen molar-refractivity contribution in [2.75, 3.05) is 18.9 Å². The molecule has 6 rings (SSSR count). The van der Waals surface area contributed by atoms with Gasteiger partial charge in [0.2, 0.25) is 5.91 Å². The van der Waals surface area contributed by atoms with Crippen molar-refractivity contribution in [3.05, 3.63) is 64.2 Å². The Bertz CT molecular complexity index is 1460. The molecule has 2 aliphatic carbocycles. The Morgan fingerprint density at radius 3 is 2.55 bits per heavy atom. The van der Waals surface area contributed by atoms with E-state index in [4.69, 9.17) is 0 Å². The highest BCUT2D eigenvalue weighted by Gasteiger charge is 2.57. The zero-order chi connectivity index (χ0) is 28.4. The fraction of sp³-hybridized carbons (Fsp3) is 0.429. The van der Waals surface area contributed by atoms with Crippen LogP contribution in [0.5, 0.6) is 0 Å². The Morgan fingerprint density at radius 1 is 1.07 bits per heavy atom. The first-order valence-electron chi connectivity index (χ1n) is 13.3. The molecular weight excluding hydrogens is 524 g/mol. The number of nitrogens with one attached hydrogen (secondary N) is 3. The van der Waals surface area contributed by atoms with Crippen molar-refractivity contribution < 1.29 is 33.1 Å². The van der Waals surface area contributed by atoms with E-state index in [1.807, 2.05) is 0 Å². The average Bonchev–Trinajstić information content (AvgIpc) is 3.71. The van der Waals surface area contributed by atoms with Gasteiger partial charge in [-0.3, -0.25) is 14.5 Å². The number of carbonyl (C=O) groups is 4. The first-order chi connectivity index (χ1) is 19.1. The number of fused-ring (bicyclic) bond motifs is 3. The van der Waals surface area contributed by atoms with Crippen LogP contribution in [0.25, 0.3) is 0 Å². The summed E-state index contributed by atoms with van der Waals surface area (Å²) in [4.78, 5) is 54.3. The van der Waals surface area contributed by atoms with Gasteiger partial charge in [-0.2, -0.15) is 0 Å². The lowest BCUT2D eigenvalue weighted by atomic mass is 9.91. The van der Waals surface area contributed by atoms with Gasteiger partial charge in [-0.15, -0.1) is 0 Å². The maximum Gasteiger partial charge on any atom is 0.325 e. The Balaban J connectivity index is 1.27. The van der Waals surface area contributed by atoms with Crippen LogP contribution >= 0.6 is 0 Å². The van der Waals surface area contributed by atoms with Crippen LogP contribution in [0.1, 0.15) is 47.9 Å². The highest BCUT2D eigenvalue weighted by Crippen LogP contribution is 2.47. The van der Waals surface area contributed by atoms with Crippen LogP contribution < -0.4 is 16.0 Å². The third-order valence-electron chi connectivity index (χ3n) is 8.63. The molecule has 2 atom stereocenters. The number of nitrogens with zero attached hydrogens (tertiary/aromatic N) is 2. The topological polar surface area (TPSA) is 131 Å². The molecule has 2 heterocycles. The van der Waals surface area contributed by atoms with Crippen LogP contribution in [0.15, 0.2) is 30.3 Å². The molecule has 0 bridgehead atoms. The quantitative estimate of drug-likeness (QED) is 0.432. The van der Waals surface area contributed by atoms with Crippen molar-refractivity contribution in [3.8, 4) is 0 Å². The number of halogens is 2. The summed E-state index contributed by atoms with van der Waals surface area (Å²) in [5.41, 5.74) is -0.801. The Labute approximate surface area is 228 Å². The predicted octanol–water partition coefficient (Wildman–Crippen LogP) is 2.48. The summed E-state index contributed by atoms with van der Waals surface area (Å²) >= 11 is 0. The molecule has 0 aromatic heterocycles. The standard InChI is InChI=1S/C28H29F2N5O5/c1-31-25(38)32-22-11-16-6-8-27(20(16)12-21(22)30)24(37)34(26(39)33-27)14-23(36)35-13-17-2-5-19(29)10-15(17)7-9-28(35,40)18-3-4-18/h2,5,10-12,18,40H,3-4,6-9,13-14H2,1H3,(H,33,39)(H2,31,32,38)/t27-,28-/m1/s1. The van der Waals surface area contributed by atoms with Gasteiger partial charge in [0.05, 0.1) is 5.69 Å². The predicted molar refractivity (Wildman–Crippen MR) is 138 cm³/mol. The lowest BCUT2D eigenvalue weighted by Crippen LogP contribution is -2.55. The zero-order valence-electron chi connectivity index (χ0n) is 21.9. The largest absolute Gasteiger partial charge is 0.370 e. The second kappa shape index (κ2) is 9.26. The minimum Gasteiger partial charge on any atom is -0.370 e. The van der Waals surface area contributed by atoms with Crippen molar-refractivity contribution in [2.45, 2.75) is 56.3 Å². The highest BCUT2D eigenvalue weighted by molar-refractivity contribution is 6.10. The summed E-state index contributed by atoms with van der Waals surface area (Å²) in [6.07, 6.45) is 2.56. The van der Waals surface area contributed by atoms with E-state index in [0.29, 0.717) is 29.5 Å². The average molecular weight is 554 g/mol. The van der Waals surface area contributed by atoms with E-state index < -0.39 is 53.3 Å². The molecule has 2 aromatic rings. The van der Waals surface area contributed by atoms with Crippen molar-refractivity contribution in [1.29, 1.82) is 0 Å². The summed E-state index contributed by atoms with van der Waals surface area (Å²) in [5.74, 6) is -2.60. The summed E-state index contributed by atoms with van der Waals surface area (Å²) in [7, 11) is 1.40. The van der Waals surface area contributed by atoms with Gasteiger partial charge in [-0.25, -0.2) is 18.4 Å². The molecule has 4 N–H and O–H groups in total. The maximum absolute atomic E-state index is 14.9. The summed E-state index contributed by atoms with van der Waals surface area (Å²) in [5, 5.41) is 19.1. The summed E-state index contributed by atoms with van der Waals surface area (Å²) in [6, 6.07) is 5.48. The summed E-state index contributed by atoms with van der Waals surface area (Å²) < 4.78 is 28.8. The second-order valence-corrected chi connectivity index (χ2v) is 11.0. The Hall–Kier alpha value is -4.06. The maximum atomic E-state index is 14.9. The molecular formula is C28H29F2N5O5. The number of rotatable bonds is 4. The van der Waals surface area contributed by atoms with E-state index in [2.05, 4.69) is 16.0 Å². The Morgan fingerprint density at radius 2 is 1.82 bits per heavy atom. The SMILES string of the molecule is CNC(=O)Nc1cc2c(cc1F)[C@@]1(CC2)NC(=O)N(CC(=O)N2Cc3ccc(F)cc3CC[C@@]2(O)C2CC2)C1=O. The highest BCUT2D eigenvalue weighted by atomic mass is 19.1. The van der Waals surface area contributed by atoms with Crippen LogP contribution in [0, 0.1) is 17.6 Å². The van der Waals surface area contributed by atoms with Crippen molar-refractivity contribution >= 4 is 29.6 Å². The molecule has 4 aliphatic rings. The molecule has 2 aromatic carbocycles. The summed E-state index contributed by atoms with van der Waals surface area (Å²) in [6.45, 7) is -0.586. The number of benzene rings is 2. The van der Waals surface area contributed by atoms with Gasteiger partial charge in [-0.1, -0.05) is 6.07 Å². The van der Waals surface area contributed by atoms with Gasteiger partial charge in [-0.05, 0) is 85.0 Å². The van der Waals surface area contributed by atoms with Crippen molar-refractivity contribution in [3.63, 3.8) is 0 Å². The van der Waals surface area contributed by atoms with Gasteiger partial charge < -0.3 is 26.0 Å². The van der Waals surface area contributed by atoms with E-state index >= 15 is 0 Å². The van der Waals surface area contributed by atoms with Gasteiger partial charge in [0.15, 0.2) is 0 Å². The van der Waals surface area contributed by atoms with Gasteiger partial charge in [0.1, 0.15) is 29.4 Å². The number of hydrogen-bond donors (Lipinski definition) is 4. The third-order valence-corrected chi connectivity index (χ3v) is 8.63. The smallest absolute Gasteiger partial charge is 0.325 e. The van der Waals surface area contributed by atoms with E-state index in [0.717, 1.165) is 23.8 Å². The number of anilines is 1. The first kappa shape index (κ1) is 26.2. The van der Waals surface area contributed by atoms with Crippen LogP contribution in [-0.2, 0) is 34.5 Å². The fourth-order valence-corrected chi connectivity index (χ4v) is 6.32. The molecule has 210 valence electrons. The van der Waals surface area contributed by atoms with Gasteiger partial charge in [0, 0.05) is 19.5 Å². The van der Waals surface area contributed by atoms with Crippen molar-refractivity contribution in [1.82, 2.24) is 20.4 Å². The number of aliphatic hydroxyl groups is 1. The lowest BCUT2D eigenvalue weighted by Gasteiger charge is -2.39. The molecule has 0 radical (unpaired) electrons. The Kier molecular flexibility index (Phi) is 6.06. The number of hydrogen-bond acceptors (Lipinski definition) is 5. The van der Waals surface area contributed by atoms with Crippen LogP contribution in [0.3, 0.4) is 0 Å². The molecule has 2 aliphatic heterocycles. The van der Waals surface area contributed by atoms with Gasteiger partial charge in [0.25, 0.3) is 5.91 Å². The molecule has 2 fully saturated rings. The lowest BCUT2D eigenvalue weighted by molar-refractivity contribution is -0.170. The minimum absolute atomic E-state index is 0.0192. The van der Waals surface area contributed by atoms with Crippen LogP contribution in [0.2, 0.25) is 0 Å². The fourth-order valence-electron chi connectivity index (χ4n) is 6.32. The first-order valence-corrected chi connectivity index (χ1v) is 13.3. The number of amides is 6. The molecule has 1 saturated carbocycles. The molecule has 1 spiro atoms. The number of imide groups is 1. The third kappa shape index (κ3) is 4.09. The zero-order valence-corrected chi connectivity index (χ0v) is 21.9. The molecule has 0 unspecified atom stereocenters. The number of carbonyl (C=O) groups excluding carboxylic acids is 4. The van der Waals surface area contributed by atoms with Crippen LogP contribution in [0.4, 0.5) is 24.1 Å². The van der Waals surface area contributed by atoms with E-state index in [9.17, 15) is 33.1 Å². The van der Waals surface area contributed by atoms with E-state index in [1.165, 1.54) is 30.1 Å². The monoisotopic (exact) mass is 553 g/mol. The van der Waals surface area contributed by atoms with Gasteiger partial charge >= 0.3 is 12.1 Å². The van der Waals surface area contributed by atoms with Crippen molar-refractivity contribution in [2.24, 2.45) is 5.92 Å². The number of aryl methyl sites for hydroxylation is 2. The molecule has 1 saturated heterocycles. The minimum atomic E-state index is -1.53. The van der Waals surface area contributed by atoms with E-state index in [-0.39, 0.29) is 36.6 Å². The second-order valence-electron chi connectivity index (χ2n) is 11.0. The van der Waals surface area contributed by atoms with Crippen LogP contribution in [-0.4, -0.2) is 58.1 Å². The normalized spacial score (nSPS) is 25.4. The molecule has 10 nitrogen and oxygen atoms in total. The molecule has 12 heteroatoms. The molecule has 6 amide bonds. The number of urea groups is 2. The molecule has 40 heavy (non-hydrogen) atoms.